The van der Waals surface area contributed by atoms with Gasteiger partial charge < -0.3 is 19.7 Å². The normalized spacial score (nSPS) is 40.0. The van der Waals surface area contributed by atoms with Gasteiger partial charge in [0.05, 0.1) is 18.8 Å². The van der Waals surface area contributed by atoms with E-state index in [-0.39, 0.29) is 29.6 Å². The van der Waals surface area contributed by atoms with Gasteiger partial charge in [-0.2, -0.15) is 0 Å². The van der Waals surface area contributed by atoms with Crippen LogP contribution in [0.4, 0.5) is 13.2 Å². The van der Waals surface area contributed by atoms with Gasteiger partial charge in [0.15, 0.2) is 11.5 Å². The molecule has 240 valence electrons. The third-order valence-electron chi connectivity index (χ3n) is 12.2. The minimum absolute atomic E-state index is 0.00659. The molecular formula is C35H49F3O4S. The second kappa shape index (κ2) is 10.2. The Bertz CT molecular complexity index is 1260. The number of ether oxygens (including phenoxy) is 2. The molecule has 2 N–H and O–H groups in total. The van der Waals surface area contributed by atoms with Crippen LogP contribution in [0.3, 0.4) is 0 Å². The number of halogens is 3. The van der Waals surface area contributed by atoms with Gasteiger partial charge in [0.1, 0.15) is 5.60 Å². The minimum atomic E-state index is -3.70. The van der Waals surface area contributed by atoms with Crippen molar-refractivity contribution < 1.29 is 32.9 Å². The summed E-state index contributed by atoms with van der Waals surface area (Å²) < 4.78 is 58.8. The highest BCUT2D eigenvalue weighted by Gasteiger charge is 2.74. The van der Waals surface area contributed by atoms with Crippen molar-refractivity contribution in [2.75, 3.05) is 19.0 Å². The molecule has 7 atom stereocenters. The zero-order valence-electron chi connectivity index (χ0n) is 26.6. The quantitative estimate of drug-likeness (QED) is 0.256. The van der Waals surface area contributed by atoms with Crippen LogP contribution < -0.4 is 0 Å². The minimum Gasteiger partial charge on any atom is -0.386 e. The van der Waals surface area contributed by atoms with E-state index in [1.54, 1.807) is 11.8 Å². The monoisotopic (exact) mass is 622 g/mol. The smallest absolute Gasteiger partial charge is 0.281 e. The molecule has 4 aliphatic carbocycles. The molecule has 6 rings (SSSR count). The molecule has 0 amide bonds. The molecular weight excluding hydrogens is 573 g/mol. The topological polar surface area (TPSA) is 58.9 Å². The van der Waals surface area contributed by atoms with Crippen LogP contribution in [0.5, 0.6) is 0 Å². The van der Waals surface area contributed by atoms with Gasteiger partial charge >= 0.3 is 0 Å². The number of hydrogen-bond acceptors (Lipinski definition) is 5. The lowest BCUT2D eigenvalue weighted by atomic mass is 9.48. The fourth-order valence-electron chi connectivity index (χ4n) is 9.65. The summed E-state index contributed by atoms with van der Waals surface area (Å²) >= 11 is 1.75. The Balaban J connectivity index is 1.45. The largest absolute Gasteiger partial charge is 0.386 e. The highest BCUT2D eigenvalue weighted by Crippen LogP contribution is 2.71. The lowest BCUT2D eigenvalue weighted by Crippen LogP contribution is -2.66. The van der Waals surface area contributed by atoms with E-state index in [0.29, 0.717) is 65.1 Å². The second-order valence-electron chi connectivity index (χ2n) is 15.5. The third kappa shape index (κ3) is 4.78. The van der Waals surface area contributed by atoms with Gasteiger partial charge in [-0.3, -0.25) is 0 Å². The highest BCUT2D eigenvalue weighted by molar-refractivity contribution is 7.99. The molecule has 4 nitrogen and oxygen atoms in total. The number of aliphatic hydroxyl groups is 2. The molecule has 1 aromatic carbocycles. The number of fused-ring (bicyclic) bond motifs is 4. The predicted octanol–water partition coefficient (Wildman–Crippen LogP) is 8.21. The molecule has 3 unspecified atom stereocenters. The Morgan fingerprint density at radius 2 is 1.60 bits per heavy atom. The Morgan fingerprint density at radius 3 is 2.21 bits per heavy atom. The SMILES string of the molecule is CCSc1ccc([C@H]2C[C@@]3(C)C(CC[C@@]3(O)C(C)(F)C(C)(F)F)C3CC[C@@]4(O)CC5(CCC4=C32)OCC(C)(C)CO5)cc1. The van der Waals surface area contributed by atoms with Crippen molar-refractivity contribution in [3.63, 3.8) is 0 Å². The van der Waals surface area contributed by atoms with E-state index in [4.69, 9.17) is 9.47 Å². The van der Waals surface area contributed by atoms with E-state index in [0.717, 1.165) is 28.7 Å². The summed E-state index contributed by atoms with van der Waals surface area (Å²) in [5, 5.41) is 24.5. The van der Waals surface area contributed by atoms with Crippen LogP contribution in [0.25, 0.3) is 0 Å². The highest BCUT2D eigenvalue weighted by atomic mass is 32.2. The molecule has 0 bridgehead atoms. The number of benzene rings is 1. The van der Waals surface area contributed by atoms with Gasteiger partial charge in [-0.25, -0.2) is 13.2 Å². The number of thioether (sulfide) groups is 1. The Morgan fingerprint density at radius 1 is 0.953 bits per heavy atom. The van der Waals surface area contributed by atoms with Crippen LogP contribution in [0, 0.1) is 22.7 Å². The molecule has 8 heteroatoms. The lowest BCUT2D eigenvalue weighted by Gasteiger charge is -2.60. The summed E-state index contributed by atoms with van der Waals surface area (Å²) in [6, 6.07) is 8.38. The zero-order chi connectivity index (χ0) is 31.3. The molecule has 3 saturated carbocycles. The maximum atomic E-state index is 16.3. The lowest BCUT2D eigenvalue weighted by molar-refractivity contribution is -0.322. The zero-order valence-corrected chi connectivity index (χ0v) is 27.4. The Labute approximate surface area is 259 Å². The van der Waals surface area contributed by atoms with Gasteiger partial charge in [-0.1, -0.05) is 45.4 Å². The van der Waals surface area contributed by atoms with Gasteiger partial charge in [-0.05, 0) is 86.3 Å². The maximum Gasteiger partial charge on any atom is 0.281 e. The summed E-state index contributed by atoms with van der Waals surface area (Å²) in [7, 11) is 0. The average Bonchev–Trinajstić information content (AvgIpc) is 3.21. The van der Waals surface area contributed by atoms with Crippen LogP contribution in [0.1, 0.15) is 104 Å². The van der Waals surface area contributed by atoms with Crippen LogP contribution in [-0.2, 0) is 9.47 Å². The molecule has 43 heavy (non-hydrogen) atoms. The number of allylic oxidation sites excluding steroid dienone is 1. The molecule has 4 fully saturated rings. The van der Waals surface area contributed by atoms with E-state index in [2.05, 4.69) is 45.0 Å². The molecule has 5 aliphatic rings. The van der Waals surface area contributed by atoms with Crippen molar-refractivity contribution in [3.8, 4) is 0 Å². The Hall–Kier alpha value is -1.06. The summed E-state index contributed by atoms with van der Waals surface area (Å²) in [5.41, 5.74) is -4.26. The van der Waals surface area contributed by atoms with Crippen molar-refractivity contribution in [2.24, 2.45) is 22.7 Å². The maximum absolute atomic E-state index is 16.3. The standard InChI is InChI=1S/C35H49F3O4S/c1-7-43-23-10-8-22(9-11-23)25-18-30(4)26(14-17-35(30,40)31(5,36)32(6,37)38)24-12-15-33(39)19-34(16-13-27(33)28(24)25)41-20-29(2,3)21-42-34/h8-11,24-26,39-40H,7,12-21H2,1-6H3/t24?,25-,26?,30+,31?,33-,35+/m1/s1. The summed E-state index contributed by atoms with van der Waals surface area (Å²) in [4.78, 5) is 1.15. The first-order valence-electron chi connectivity index (χ1n) is 16.2. The molecule has 0 aromatic heterocycles. The van der Waals surface area contributed by atoms with Crippen LogP contribution >= 0.6 is 11.8 Å². The molecule has 0 radical (unpaired) electrons. The molecule has 1 spiro atoms. The van der Waals surface area contributed by atoms with E-state index in [9.17, 15) is 19.0 Å². The summed E-state index contributed by atoms with van der Waals surface area (Å²) in [5.74, 6) is -3.97. The molecule has 1 aromatic rings. The summed E-state index contributed by atoms with van der Waals surface area (Å²) in [6.45, 7) is 10.8. The van der Waals surface area contributed by atoms with Crippen molar-refractivity contribution in [1.29, 1.82) is 0 Å². The number of alkyl halides is 3. The Kier molecular flexibility index (Phi) is 7.58. The van der Waals surface area contributed by atoms with E-state index < -0.39 is 34.0 Å². The number of hydrogen-bond donors (Lipinski definition) is 2. The van der Waals surface area contributed by atoms with E-state index in [1.807, 2.05) is 6.92 Å². The second-order valence-corrected chi connectivity index (χ2v) is 16.9. The van der Waals surface area contributed by atoms with E-state index in [1.165, 1.54) is 5.57 Å². The van der Waals surface area contributed by atoms with E-state index >= 15 is 4.39 Å². The van der Waals surface area contributed by atoms with Crippen molar-refractivity contribution in [2.45, 2.75) is 132 Å². The summed E-state index contributed by atoms with van der Waals surface area (Å²) in [6.07, 6.45) is 3.63. The first-order valence-corrected chi connectivity index (χ1v) is 17.2. The van der Waals surface area contributed by atoms with Crippen molar-refractivity contribution in [1.82, 2.24) is 0 Å². The van der Waals surface area contributed by atoms with Gasteiger partial charge in [0.25, 0.3) is 5.92 Å². The van der Waals surface area contributed by atoms with Gasteiger partial charge in [0, 0.05) is 41.4 Å². The number of rotatable bonds is 5. The first kappa shape index (κ1) is 31.9. The van der Waals surface area contributed by atoms with Gasteiger partial charge in [-0.15, -0.1) is 11.8 Å². The molecule has 1 saturated heterocycles. The van der Waals surface area contributed by atoms with Crippen molar-refractivity contribution >= 4 is 11.8 Å². The third-order valence-corrected chi connectivity index (χ3v) is 13.1. The fourth-order valence-corrected chi connectivity index (χ4v) is 10.3. The van der Waals surface area contributed by atoms with Crippen LogP contribution in [0.2, 0.25) is 0 Å². The first-order chi connectivity index (χ1) is 19.9. The molecule has 1 aliphatic heterocycles. The molecule has 1 heterocycles. The van der Waals surface area contributed by atoms with Crippen LogP contribution in [-0.4, -0.2) is 57.8 Å². The fraction of sp³-hybridized carbons (Fsp3) is 0.771. The predicted molar refractivity (Wildman–Crippen MR) is 163 cm³/mol. The van der Waals surface area contributed by atoms with Crippen molar-refractivity contribution in [3.05, 3.63) is 41.0 Å². The average molecular weight is 623 g/mol. The van der Waals surface area contributed by atoms with Gasteiger partial charge in [0.2, 0.25) is 0 Å². The van der Waals surface area contributed by atoms with Crippen LogP contribution in [0.15, 0.2) is 40.3 Å².